The van der Waals surface area contributed by atoms with Crippen LogP contribution in [0.3, 0.4) is 0 Å². The molecular formula is C32H50N6O9. The molecule has 0 bridgehead atoms. The Kier molecular flexibility index (Phi) is 11.9. The number of carboxylic acid groups (broad SMARTS) is 1. The van der Waals surface area contributed by atoms with Crippen molar-refractivity contribution >= 4 is 29.8 Å². The number of amidine groups is 1. The van der Waals surface area contributed by atoms with Gasteiger partial charge in [-0.2, -0.15) is 0 Å². The molecule has 1 aromatic carbocycles. The van der Waals surface area contributed by atoms with Crippen molar-refractivity contribution in [3.63, 3.8) is 0 Å². The molecule has 1 amide bonds. The topological polar surface area (TPSA) is 220 Å². The molecule has 7 N–H and O–H groups in total. The number of amides is 1. The van der Waals surface area contributed by atoms with Crippen LogP contribution in [0, 0.1) is 5.41 Å². The lowest BCUT2D eigenvalue weighted by Crippen LogP contribution is -2.67. The van der Waals surface area contributed by atoms with Crippen molar-refractivity contribution in [3.05, 3.63) is 29.8 Å². The largest absolute Gasteiger partial charge is 0.490 e. The smallest absolute Gasteiger partial charge is 0.410 e. The van der Waals surface area contributed by atoms with Crippen LogP contribution in [0.1, 0.15) is 59.9 Å². The van der Waals surface area contributed by atoms with E-state index in [1.165, 1.54) is 4.90 Å². The van der Waals surface area contributed by atoms with E-state index in [9.17, 15) is 24.3 Å². The van der Waals surface area contributed by atoms with Gasteiger partial charge in [-0.15, -0.1) is 0 Å². The summed E-state index contributed by atoms with van der Waals surface area (Å²) in [5.41, 5.74) is 7.17. The fourth-order valence-corrected chi connectivity index (χ4v) is 5.40. The van der Waals surface area contributed by atoms with Crippen LogP contribution in [0.25, 0.3) is 0 Å². The quantitative estimate of drug-likeness (QED) is 0.0623. The number of nitrogens with one attached hydrogen (secondary N) is 2. The summed E-state index contributed by atoms with van der Waals surface area (Å²) in [7, 11) is 0. The zero-order valence-corrected chi connectivity index (χ0v) is 28.2. The second-order valence-electron chi connectivity index (χ2n) is 14.0. The molecule has 15 nitrogen and oxygen atoms in total. The molecule has 0 saturated carbocycles. The number of rotatable bonds is 14. The summed E-state index contributed by atoms with van der Waals surface area (Å²) >= 11 is 0. The van der Waals surface area contributed by atoms with Crippen LogP contribution in [0.15, 0.2) is 24.3 Å². The average molecular weight is 663 g/mol. The number of esters is 2. The number of carbonyl (C=O) groups excluding carboxylic acids is 3. The van der Waals surface area contributed by atoms with Crippen LogP contribution < -0.4 is 21.5 Å². The SMILES string of the molecule is CC(C)(C)OC(=O)C(N)(Cc1ccc(OCC2CN(CCCC(C(=N)N)(C(=O)OC(C)(C)C)N3CCNCC3)C(=O)O2)cc1)C(=O)O. The summed E-state index contributed by atoms with van der Waals surface area (Å²) in [4.78, 5) is 54.0. The predicted molar refractivity (Wildman–Crippen MR) is 172 cm³/mol. The van der Waals surface area contributed by atoms with Gasteiger partial charge in [0.2, 0.25) is 5.54 Å². The van der Waals surface area contributed by atoms with Crippen molar-refractivity contribution < 1.29 is 43.2 Å². The van der Waals surface area contributed by atoms with Gasteiger partial charge in [0.1, 0.15) is 29.4 Å². The van der Waals surface area contributed by atoms with Crippen molar-refractivity contribution in [1.29, 1.82) is 5.41 Å². The van der Waals surface area contributed by atoms with E-state index in [4.69, 9.17) is 35.8 Å². The zero-order valence-electron chi connectivity index (χ0n) is 28.2. The molecule has 15 heteroatoms. The first-order valence-corrected chi connectivity index (χ1v) is 15.7. The highest BCUT2D eigenvalue weighted by molar-refractivity contribution is 6.08. The number of aliphatic carboxylic acids is 1. The molecule has 0 aromatic heterocycles. The number of carboxylic acids is 1. The van der Waals surface area contributed by atoms with Crippen molar-refractivity contribution in [2.75, 3.05) is 45.9 Å². The Balaban J connectivity index is 1.57. The van der Waals surface area contributed by atoms with Crippen LogP contribution >= 0.6 is 0 Å². The molecule has 2 fully saturated rings. The van der Waals surface area contributed by atoms with Crippen molar-refractivity contribution in [2.45, 2.75) is 89.2 Å². The molecular weight excluding hydrogens is 612 g/mol. The maximum Gasteiger partial charge on any atom is 0.410 e. The summed E-state index contributed by atoms with van der Waals surface area (Å²) in [6.07, 6.45) is -0.810. The summed E-state index contributed by atoms with van der Waals surface area (Å²) < 4.78 is 22.3. The van der Waals surface area contributed by atoms with E-state index < -0.39 is 52.4 Å². The molecule has 0 aliphatic carbocycles. The molecule has 3 atom stereocenters. The van der Waals surface area contributed by atoms with E-state index in [-0.39, 0.29) is 38.4 Å². The highest BCUT2D eigenvalue weighted by Gasteiger charge is 2.50. The number of ether oxygens (including phenoxy) is 4. The van der Waals surface area contributed by atoms with Gasteiger partial charge in [0.15, 0.2) is 11.6 Å². The van der Waals surface area contributed by atoms with Gasteiger partial charge < -0.3 is 45.7 Å². The van der Waals surface area contributed by atoms with Crippen LogP contribution in [0.4, 0.5) is 4.79 Å². The van der Waals surface area contributed by atoms with Gasteiger partial charge in [0.25, 0.3) is 0 Å². The first-order chi connectivity index (χ1) is 21.8. The number of nitrogens with zero attached hydrogens (tertiary/aromatic N) is 2. The second kappa shape index (κ2) is 14.9. The molecule has 2 saturated heterocycles. The molecule has 2 heterocycles. The third kappa shape index (κ3) is 9.78. The van der Waals surface area contributed by atoms with Crippen molar-refractivity contribution in [3.8, 4) is 5.75 Å². The van der Waals surface area contributed by atoms with E-state index in [0.29, 0.717) is 43.9 Å². The molecule has 0 spiro atoms. The van der Waals surface area contributed by atoms with Gasteiger partial charge in [-0.1, -0.05) is 12.1 Å². The third-order valence-electron chi connectivity index (χ3n) is 7.74. The molecule has 2 aliphatic rings. The van der Waals surface area contributed by atoms with E-state index >= 15 is 0 Å². The number of piperazine rings is 1. The minimum atomic E-state index is -2.26. The Hall–Kier alpha value is -3.95. The number of nitrogens with two attached hydrogens (primary N) is 2. The number of hydrogen-bond acceptors (Lipinski definition) is 12. The molecule has 3 rings (SSSR count). The molecule has 2 aliphatic heterocycles. The van der Waals surface area contributed by atoms with Gasteiger partial charge in [-0.05, 0) is 72.1 Å². The third-order valence-corrected chi connectivity index (χ3v) is 7.74. The normalized spacial score (nSPS) is 20.0. The Morgan fingerprint density at radius 1 is 1.02 bits per heavy atom. The van der Waals surface area contributed by atoms with Crippen molar-refractivity contribution in [1.82, 2.24) is 15.1 Å². The highest BCUT2D eigenvalue weighted by Crippen LogP contribution is 2.28. The summed E-state index contributed by atoms with van der Waals surface area (Å²) in [6, 6.07) is 6.41. The van der Waals surface area contributed by atoms with Crippen LogP contribution in [-0.2, 0) is 35.0 Å². The molecule has 262 valence electrons. The maximum atomic E-state index is 13.5. The van der Waals surface area contributed by atoms with E-state index in [2.05, 4.69) is 5.32 Å². The number of hydrogen-bond donors (Lipinski definition) is 5. The van der Waals surface area contributed by atoms with Gasteiger partial charge in [-0.3, -0.25) is 10.3 Å². The zero-order chi connectivity index (χ0) is 35.2. The lowest BCUT2D eigenvalue weighted by atomic mass is 9.88. The van der Waals surface area contributed by atoms with E-state index in [1.54, 1.807) is 65.8 Å². The molecule has 47 heavy (non-hydrogen) atoms. The van der Waals surface area contributed by atoms with Crippen LogP contribution in [0.5, 0.6) is 5.75 Å². The Morgan fingerprint density at radius 2 is 1.60 bits per heavy atom. The number of benzene rings is 1. The first-order valence-electron chi connectivity index (χ1n) is 15.7. The Labute approximate surface area is 275 Å². The minimum absolute atomic E-state index is 0.0610. The number of cyclic esters (lactones) is 1. The van der Waals surface area contributed by atoms with Crippen LogP contribution in [-0.4, -0.2) is 119 Å². The maximum absolute atomic E-state index is 13.5. The predicted octanol–water partition coefficient (Wildman–Crippen LogP) is 1.25. The average Bonchev–Trinajstić information content (AvgIpc) is 3.32. The highest BCUT2D eigenvalue weighted by atomic mass is 16.6. The Bertz CT molecular complexity index is 1300. The molecule has 0 radical (unpaired) electrons. The summed E-state index contributed by atoms with van der Waals surface area (Å²) in [6.45, 7) is 13.1. The van der Waals surface area contributed by atoms with E-state index in [1.807, 2.05) is 4.90 Å². The number of carbonyl (C=O) groups is 4. The first kappa shape index (κ1) is 37.5. The summed E-state index contributed by atoms with van der Waals surface area (Å²) in [5.74, 6) is -2.96. The standard InChI is InChI=1S/C32H50N6O9/c1-29(2,3)46-26(41)31(35,25(39)40)18-21-8-10-22(11-9-21)44-20-23-19-37(28(43)45-23)15-7-12-32(24(33)34,27(42)47-30(4,5)6)38-16-13-36-14-17-38/h8-11,23,36H,7,12-20,35H2,1-6H3,(H3,33,34)(H,39,40). The Morgan fingerprint density at radius 3 is 2.13 bits per heavy atom. The monoisotopic (exact) mass is 662 g/mol. The van der Waals surface area contributed by atoms with Crippen molar-refractivity contribution in [2.24, 2.45) is 11.5 Å². The van der Waals surface area contributed by atoms with Gasteiger partial charge >= 0.3 is 24.0 Å². The fourth-order valence-electron chi connectivity index (χ4n) is 5.40. The van der Waals surface area contributed by atoms with Gasteiger partial charge in [0.05, 0.1) is 6.54 Å². The van der Waals surface area contributed by atoms with Gasteiger partial charge in [-0.25, -0.2) is 19.2 Å². The minimum Gasteiger partial charge on any atom is -0.490 e. The lowest BCUT2D eigenvalue weighted by Gasteiger charge is -2.44. The lowest BCUT2D eigenvalue weighted by molar-refractivity contribution is -0.169. The second-order valence-corrected chi connectivity index (χ2v) is 14.0. The van der Waals surface area contributed by atoms with E-state index in [0.717, 1.165) is 0 Å². The molecule has 3 unspecified atom stereocenters. The fraction of sp³-hybridized carbons (Fsp3) is 0.656. The molecule has 1 aromatic rings. The summed E-state index contributed by atoms with van der Waals surface area (Å²) in [5, 5.41) is 21.4. The van der Waals surface area contributed by atoms with Gasteiger partial charge in [0, 0.05) is 39.1 Å². The van der Waals surface area contributed by atoms with Crippen LogP contribution in [0.2, 0.25) is 0 Å².